The maximum atomic E-state index is 13.8. The summed E-state index contributed by atoms with van der Waals surface area (Å²) in [7, 11) is 2.58. The zero-order valence-electron chi connectivity index (χ0n) is 33.8. The molecule has 3 aliphatic heterocycles. The molecule has 0 radical (unpaired) electrons. The minimum absolute atomic E-state index is 0.0723. The van der Waals surface area contributed by atoms with Crippen LogP contribution in [0.25, 0.3) is 22.8 Å². The Kier molecular flexibility index (Phi) is 11.9. The summed E-state index contributed by atoms with van der Waals surface area (Å²) in [5.74, 6) is 2.97. The zero-order chi connectivity index (χ0) is 41.1. The van der Waals surface area contributed by atoms with Crippen LogP contribution in [-0.4, -0.2) is 93.1 Å². The number of imidazole rings is 2. The number of benzene rings is 2. The van der Waals surface area contributed by atoms with Crippen LogP contribution in [0.1, 0.15) is 89.7 Å². The number of rotatable bonds is 12. The molecule has 5 heterocycles. The van der Waals surface area contributed by atoms with E-state index in [2.05, 4.69) is 30.6 Å². The Morgan fingerprint density at radius 1 is 0.707 bits per heavy atom. The number of carbonyl (C=O) groups excluding carboxylic acids is 4. The maximum absolute atomic E-state index is 13.8. The molecule has 2 aromatic carbocycles. The third-order valence-electron chi connectivity index (χ3n) is 11.7. The molecule has 4 aromatic rings. The number of aromatic amines is 2. The van der Waals surface area contributed by atoms with Gasteiger partial charge in [0.25, 0.3) is 0 Å². The molecule has 0 saturated carbocycles. The Balaban J connectivity index is 1.03. The molecule has 4 N–H and O–H groups in total. The maximum Gasteiger partial charge on any atom is 0.407 e. The molecule has 0 bridgehead atoms. The van der Waals surface area contributed by atoms with Crippen LogP contribution >= 0.6 is 0 Å². The Morgan fingerprint density at radius 3 is 1.50 bits per heavy atom. The first-order valence-electron chi connectivity index (χ1n) is 20.1. The molecule has 1 unspecified atom stereocenters. The number of alkyl carbamates (subject to hydrolysis) is 2. The van der Waals surface area contributed by atoms with Gasteiger partial charge in [-0.1, -0.05) is 40.5 Å². The van der Waals surface area contributed by atoms with Crippen LogP contribution in [-0.2, 0) is 19.1 Å². The summed E-state index contributed by atoms with van der Waals surface area (Å²) in [5, 5.41) is 5.48. The van der Waals surface area contributed by atoms with Gasteiger partial charge in [0, 0.05) is 24.2 Å². The highest BCUT2D eigenvalue weighted by Gasteiger charge is 2.39. The van der Waals surface area contributed by atoms with Gasteiger partial charge in [-0.3, -0.25) is 9.59 Å². The Labute approximate surface area is 337 Å². The predicted octanol–water partition coefficient (Wildman–Crippen LogP) is 7.23. The summed E-state index contributed by atoms with van der Waals surface area (Å²) in [6.45, 7) is 9.03. The van der Waals surface area contributed by atoms with Crippen molar-refractivity contribution in [3.05, 3.63) is 60.2 Å². The molecule has 7 rings (SSSR count). The van der Waals surface area contributed by atoms with Gasteiger partial charge in [0.2, 0.25) is 11.8 Å². The molecule has 2 saturated heterocycles. The van der Waals surface area contributed by atoms with E-state index in [-0.39, 0.29) is 35.7 Å². The van der Waals surface area contributed by atoms with Gasteiger partial charge in [-0.2, -0.15) is 0 Å². The second kappa shape index (κ2) is 17.2. The summed E-state index contributed by atoms with van der Waals surface area (Å²) in [5.41, 5.74) is 3.20. The summed E-state index contributed by atoms with van der Waals surface area (Å²) >= 11 is 0. The molecule has 58 heavy (non-hydrogen) atoms. The Hall–Kier alpha value is -6.06. The van der Waals surface area contributed by atoms with Crippen LogP contribution in [0.2, 0.25) is 0 Å². The molecule has 2 aromatic heterocycles. The topological polar surface area (TPSA) is 193 Å². The molecule has 2 fully saturated rings. The molecule has 308 valence electrons. The standard InChI is InChI=1S/C42H52N8O8/c1-7-23(3)35(47-41(53)55-5)39(51)49-17-9-11-29(49)27-21-43-37(45-27)25-13-15-31-33(19-25)57-32-16-14-26(20-34(32)58-31)38-44-22-28(46-38)30-12-10-18-50(30)40(52)36(24(4)8-2)48-42(54)56-6/h13-16,19-24,29-30,35-36H,7-12,17-18H2,1-6H3,(H,43,45)(H,44,46)(H,47,53)(H,48,54)/t23-,24-,29-,30?,35-,36-/m0/s1. The lowest BCUT2D eigenvalue weighted by atomic mass is 9.97. The van der Waals surface area contributed by atoms with E-state index >= 15 is 0 Å². The minimum atomic E-state index is -0.694. The van der Waals surface area contributed by atoms with Crippen LogP contribution in [0.4, 0.5) is 9.59 Å². The van der Waals surface area contributed by atoms with Gasteiger partial charge in [-0.25, -0.2) is 19.6 Å². The monoisotopic (exact) mass is 796 g/mol. The number of aromatic nitrogens is 4. The Bertz CT molecular complexity index is 2000. The summed E-state index contributed by atoms with van der Waals surface area (Å²) < 4.78 is 22.2. The molecular formula is C42H52N8O8. The highest BCUT2D eigenvalue weighted by atomic mass is 16.6. The molecule has 16 nitrogen and oxygen atoms in total. The molecule has 6 atom stereocenters. The van der Waals surface area contributed by atoms with Crippen molar-refractivity contribution in [3.63, 3.8) is 0 Å². The number of nitrogens with zero attached hydrogens (tertiary/aromatic N) is 4. The van der Waals surface area contributed by atoms with E-state index in [0.29, 0.717) is 47.7 Å². The lowest BCUT2D eigenvalue weighted by Crippen LogP contribution is -2.51. The second-order valence-electron chi connectivity index (χ2n) is 15.3. The molecule has 3 aliphatic rings. The van der Waals surface area contributed by atoms with Crippen LogP contribution in [0.15, 0.2) is 48.8 Å². The smallest absolute Gasteiger partial charge is 0.407 e. The number of likely N-dealkylation sites (tertiary alicyclic amines) is 2. The second-order valence-corrected chi connectivity index (χ2v) is 15.3. The highest BCUT2D eigenvalue weighted by molar-refractivity contribution is 5.87. The van der Waals surface area contributed by atoms with Crippen molar-refractivity contribution < 1.29 is 38.1 Å². The van der Waals surface area contributed by atoms with Gasteiger partial charge in [0.15, 0.2) is 23.0 Å². The number of carbonyl (C=O) groups is 4. The number of ether oxygens (including phenoxy) is 4. The quantitative estimate of drug-likeness (QED) is 0.100. The Morgan fingerprint density at radius 2 is 1.12 bits per heavy atom. The number of amides is 4. The first kappa shape index (κ1) is 40.1. The van der Waals surface area contributed by atoms with Crippen molar-refractivity contribution in [1.29, 1.82) is 0 Å². The summed E-state index contributed by atoms with van der Waals surface area (Å²) in [6, 6.07) is 9.40. The average Bonchev–Trinajstić information content (AvgIpc) is 4.09. The number of H-pyrrole nitrogens is 2. The van der Waals surface area contributed by atoms with Crippen molar-refractivity contribution in [2.45, 2.75) is 90.4 Å². The first-order valence-corrected chi connectivity index (χ1v) is 20.1. The lowest BCUT2D eigenvalue weighted by Gasteiger charge is -2.31. The van der Waals surface area contributed by atoms with Crippen LogP contribution < -0.4 is 20.1 Å². The van der Waals surface area contributed by atoms with Crippen LogP contribution in [0.3, 0.4) is 0 Å². The van der Waals surface area contributed by atoms with E-state index in [1.165, 1.54) is 14.2 Å². The fourth-order valence-corrected chi connectivity index (χ4v) is 7.98. The van der Waals surface area contributed by atoms with Gasteiger partial charge >= 0.3 is 12.2 Å². The summed E-state index contributed by atoms with van der Waals surface area (Å²) in [6.07, 6.45) is 6.92. The number of nitrogens with one attached hydrogen (secondary N) is 4. The predicted molar refractivity (Wildman–Crippen MR) is 213 cm³/mol. The van der Waals surface area contributed by atoms with Crippen molar-refractivity contribution in [1.82, 2.24) is 40.4 Å². The van der Waals surface area contributed by atoms with Gasteiger partial charge in [0.05, 0.1) is 50.1 Å². The largest absolute Gasteiger partial charge is 0.453 e. The molecule has 0 spiro atoms. The fourth-order valence-electron chi connectivity index (χ4n) is 7.98. The molecule has 4 amide bonds. The molecular weight excluding hydrogens is 745 g/mol. The zero-order valence-corrected chi connectivity index (χ0v) is 33.8. The van der Waals surface area contributed by atoms with Crippen molar-refractivity contribution >= 4 is 24.0 Å². The van der Waals surface area contributed by atoms with Crippen molar-refractivity contribution in [2.24, 2.45) is 11.8 Å². The van der Waals surface area contributed by atoms with E-state index in [0.717, 1.165) is 61.0 Å². The third kappa shape index (κ3) is 8.04. The van der Waals surface area contributed by atoms with E-state index in [4.69, 9.17) is 18.9 Å². The number of hydrogen-bond acceptors (Lipinski definition) is 10. The van der Waals surface area contributed by atoms with Crippen molar-refractivity contribution in [3.8, 4) is 45.8 Å². The average molecular weight is 797 g/mol. The van der Waals surface area contributed by atoms with E-state index in [9.17, 15) is 19.2 Å². The number of hydrogen-bond donors (Lipinski definition) is 4. The number of fused-ring (bicyclic) bond motifs is 2. The third-order valence-corrected chi connectivity index (χ3v) is 11.7. The highest BCUT2D eigenvalue weighted by Crippen LogP contribution is 2.48. The lowest BCUT2D eigenvalue weighted by molar-refractivity contribution is -0.136. The number of methoxy groups -OCH3 is 2. The van der Waals surface area contributed by atoms with Crippen LogP contribution in [0, 0.1) is 11.8 Å². The fraction of sp³-hybridized carbons (Fsp3) is 0.476. The van der Waals surface area contributed by atoms with E-state index in [1.807, 2.05) is 73.9 Å². The SMILES string of the molecule is CC[C@H](C)[C@H](NC(=O)OC)C(=O)N1CCCC1c1cnc(-c2ccc3c(c2)Oc2ccc(-c4ncc([C@@H]5CCCN5C(=O)[C@@H](NC(=O)OC)[C@@H](C)CC)[nH]4)cc2O3)[nH]1. The minimum Gasteiger partial charge on any atom is -0.453 e. The first-order chi connectivity index (χ1) is 28.0. The van der Waals surface area contributed by atoms with Gasteiger partial charge in [0.1, 0.15) is 23.7 Å². The van der Waals surface area contributed by atoms with E-state index in [1.54, 1.807) is 12.4 Å². The van der Waals surface area contributed by atoms with E-state index < -0.39 is 24.3 Å². The summed E-state index contributed by atoms with van der Waals surface area (Å²) in [4.78, 5) is 71.5. The van der Waals surface area contributed by atoms with Crippen LogP contribution in [0.5, 0.6) is 23.0 Å². The normalized spacial score (nSPS) is 19.1. The van der Waals surface area contributed by atoms with Crippen molar-refractivity contribution in [2.75, 3.05) is 27.3 Å². The molecule has 16 heteroatoms. The van der Waals surface area contributed by atoms with Gasteiger partial charge < -0.3 is 49.3 Å². The van der Waals surface area contributed by atoms with Gasteiger partial charge in [-0.05, 0) is 73.9 Å². The molecule has 0 aliphatic carbocycles. The van der Waals surface area contributed by atoms with Gasteiger partial charge in [-0.15, -0.1) is 0 Å².